The Morgan fingerprint density at radius 3 is 2.39 bits per heavy atom. The van der Waals surface area contributed by atoms with E-state index in [1.807, 2.05) is 0 Å². The van der Waals surface area contributed by atoms with Gasteiger partial charge < -0.3 is 36.2 Å². The number of aliphatic carboxylic acids is 2. The maximum atomic E-state index is 12.3. The Kier molecular flexibility index (Phi) is 11.6. The Hall–Kier alpha value is -1.89. The Morgan fingerprint density at radius 1 is 1.12 bits per heavy atom. The number of carboxylic acids is 2. The summed E-state index contributed by atoms with van der Waals surface area (Å²) in [6.45, 7) is 0. The summed E-state index contributed by atoms with van der Waals surface area (Å²) in [6.07, 6.45) is 1.73. The van der Waals surface area contributed by atoms with Crippen LogP contribution in [0.1, 0.15) is 35.2 Å². The molecule has 164 valence electrons. The number of carbonyl (C=O) groups is 4. The Morgan fingerprint density at radius 2 is 1.79 bits per heavy atom. The van der Waals surface area contributed by atoms with Gasteiger partial charge in [0.25, 0.3) is 5.91 Å². The molecule has 2 heterocycles. The van der Waals surface area contributed by atoms with Gasteiger partial charge in [0.05, 0.1) is 12.0 Å². The van der Waals surface area contributed by atoms with Crippen molar-refractivity contribution >= 4 is 29.7 Å². The second-order valence-corrected chi connectivity index (χ2v) is 7.26. The van der Waals surface area contributed by atoms with Gasteiger partial charge in [0, 0.05) is 11.5 Å². The summed E-state index contributed by atoms with van der Waals surface area (Å²) in [5.41, 5.74) is 7.59. The maximum Gasteiger partial charge on any atom is 1.00 e. The zero-order valence-corrected chi connectivity index (χ0v) is 22.4. The number of carbonyl (C=O) groups excluding carboxylic acids is 4. The van der Waals surface area contributed by atoms with Gasteiger partial charge in [0.2, 0.25) is 5.91 Å². The van der Waals surface area contributed by atoms with Crippen LogP contribution < -0.4 is 91.0 Å². The molecule has 0 aromatic heterocycles. The van der Waals surface area contributed by atoms with Crippen molar-refractivity contribution in [3.8, 4) is 0 Å². The van der Waals surface area contributed by atoms with Crippen LogP contribution in [0.15, 0.2) is 41.0 Å². The van der Waals surface area contributed by atoms with Crippen LogP contribution in [-0.2, 0) is 20.8 Å². The van der Waals surface area contributed by atoms with E-state index in [0.717, 1.165) is 11.1 Å². The van der Waals surface area contributed by atoms with Crippen LogP contribution in [0.3, 0.4) is 0 Å². The smallest absolute Gasteiger partial charge is 0.550 e. The molecule has 1 aromatic rings. The van der Waals surface area contributed by atoms with Crippen LogP contribution in [0.5, 0.6) is 0 Å². The molecule has 0 spiro atoms. The fraction of sp³-hybridized carbons (Fsp3) is 0.350. The summed E-state index contributed by atoms with van der Waals surface area (Å²) in [4.78, 5) is 50.2. The van der Waals surface area contributed by atoms with E-state index >= 15 is 0 Å². The molecule has 0 saturated carbocycles. The number of amides is 2. The van der Waals surface area contributed by atoms with E-state index in [4.69, 9.17) is 5.73 Å². The van der Waals surface area contributed by atoms with Crippen molar-refractivity contribution in [2.24, 2.45) is 16.6 Å². The van der Waals surface area contributed by atoms with E-state index in [2.05, 4.69) is 20.9 Å². The molecule has 33 heavy (non-hydrogen) atoms. The van der Waals surface area contributed by atoms with E-state index in [9.17, 15) is 29.4 Å². The van der Waals surface area contributed by atoms with Crippen molar-refractivity contribution < 1.29 is 88.5 Å². The molecule has 0 radical (unpaired) electrons. The molecule has 2 aliphatic rings. The summed E-state index contributed by atoms with van der Waals surface area (Å²) < 4.78 is 0. The number of nitrogens with zero attached hydrogens (tertiary/aromatic N) is 1. The number of carboxylic acid groups (broad SMARTS) is 2. The molecule has 0 saturated heterocycles. The number of aliphatic imine (C=N–C) groups is 1. The van der Waals surface area contributed by atoms with Gasteiger partial charge >= 0.3 is 59.1 Å². The zero-order chi connectivity index (χ0) is 22.5. The number of hydrogen-bond acceptors (Lipinski definition) is 9. The molecule has 1 aromatic carbocycles. The monoisotopic (exact) mass is 473 g/mol. The van der Waals surface area contributed by atoms with Crippen molar-refractivity contribution in [2.75, 3.05) is 0 Å². The molecule has 2 aliphatic heterocycles. The SMILES string of the molecule is NC1=NC2NC=C(CCc3ccc(C(=O)NC(CCC(=O)[O-])C(=O)[O-])cc3)C2C(=O)N1.[Na+].[Na+]. The summed E-state index contributed by atoms with van der Waals surface area (Å²) in [5, 5.41) is 29.4. The van der Waals surface area contributed by atoms with Crippen molar-refractivity contribution in [3.05, 3.63) is 47.2 Å². The van der Waals surface area contributed by atoms with Gasteiger partial charge in [-0.1, -0.05) is 12.1 Å². The molecule has 0 fully saturated rings. The predicted molar refractivity (Wildman–Crippen MR) is 104 cm³/mol. The molecule has 3 rings (SSSR count). The van der Waals surface area contributed by atoms with Crippen molar-refractivity contribution in [1.29, 1.82) is 0 Å². The Bertz CT molecular complexity index is 966. The van der Waals surface area contributed by atoms with Gasteiger partial charge in [-0.25, -0.2) is 4.99 Å². The van der Waals surface area contributed by atoms with E-state index in [-0.39, 0.29) is 83.0 Å². The molecule has 11 nitrogen and oxygen atoms in total. The molecule has 5 N–H and O–H groups in total. The average molecular weight is 473 g/mol. The van der Waals surface area contributed by atoms with Gasteiger partial charge in [-0.2, -0.15) is 0 Å². The molecule has 0 bridgehead atoms. The first-order chi connectivity index (χ1) is 14.7. The van der Waals surface area contributed by atoms with Crippen LogP contribution >= 0.6 is 0 Å². The first kappa shape index (κ1) is 29.1. The van der Waals surface area contributed by atoms with E-state index in [1.54, 1.807) is 18.3 Å². The molecule has 3 unspecified atom stereocenters. The van der Waals surface area contributed by atoms with Crippen molar-refractivity contribution in [1.82, 2.24) is 16.0 Å². The number of nitrogens with two attached hydrogens (primary N) is 1. The van der Waals surface area contributed by atoms with Crippen LogP contribution in [-0.4, -0.2) is 41.9 Å². The fourth-order valence-corrected chi connectivity index (χ4v) is 3.48. The first-order valence-corrected chi connectivity index (χ1v) is 9.64. The molecule has 2 amide bonds. The Labute approximate surface area is 234 Å². The van der Waals surface area contributed by atoms with Gasteiger partial charge in [0.1, 0.15) is 12.1 Å². The zero-order valence-electron chi connectivity index (χ0n) is 18.4. The summed E-state index contributed by atoms with van der Waals surface area (Å²) >= 11 is 0. The molecule has 3 atom stereocenters. The maximum absolute atomic E-state index is 12.3. The topological polar surface area (TPSA) is 189 Å². The first-order valence-electron chi connectivity index (χ1n) is 9.64. The number of nitrogens with one attached hydrogen (secondary N) is 3. The van der Waals surface area contributed by atoms with Crippen LogP contribution in [0, 0.1) is 5.92 Å². The number of rotatable bonds is 9. The van der Waals surface area contributed by atoms with E-state index in [0.29, 0.717) is 12.8 Å². The van der Waals surface area contributed by atoms with E-state index < -0.39 is 42.4 Å². The van der Waals surface area contributed by atoms with Gasteiger partial charge in [-0.15, -0.1) is 0 Å². The number of hydrogen-bond donors (Lipinski definition) is 4. The molecular weight excluding hydrogens is 452 g/mol. The number of benzene rings is 1. The van der Waals surface area contributed by atoms with Crippen LogP contribution in [0.4, 0.5) is 0 Å². The van der Waals surface area contributed by atoms with Crippen LogP contribution in [0.25, 0.3) is 0 Å². The van der Waals surface area contributed by atoms with Crippen molar-refractivity contribution in [2.45, 2.75) is 37.9 Å². The molecule has 13 heteroatoms. The van der Waals surface area contributed by atoms with Crippen LogP contribution in [0.2, 0.25) is 0 Å². The standard InChI is InChI=1S/C20H23N5O6.2Na/c21-20-24-16-15(18(29)25-20)12(9-22-16)6-3-10-1-4-11(5-2-10)17(28)23-13(19(30)31)7-8-14(26)27;;/h1-2,4-5,9,13,15-16,22H,3,6-8H2,(H,23,28)(H,26,27)(H,30,31)(H3,21,24,25,29);;/q;2*+1/p-2. The third-order valence-corrected chi connectivity index (χ3v) is 5.11. The fourth-order valence-electron chi connectivity index (χ4n) is 3.48. The molecular formula is C20H21N5Na2O6. The third kappa shape index (κ3) is 7.83. The molecule has 0 aliphatic carbocycles. The van der Waals surface area contributed by atoms with Gasteiger partial charge in [-0.3, -0.25) is 14.9 Å². The van der Waals surface area contributed by atoms with Gasteiger partial charge in [0.15, 0.2) is 5.96 Å². The minimum atomic E-state index is -1.57. The quantitative estimate of drug-likeness (QED) is 0.254. The van der Waals surface area contributed by atoms with Gasteiger partial charge in [-0.05, 0) is 55.2 Å². The minimum absolute atomic E-state index is 0. The number of guanidine groups is 1. The largest absolute Gasteiger partial charge is 1.00 e. The predicted octanol–water partition coefficient (Wildman–Crippen LogP) is -9.12. The normalized spacial score (nSPS) is 19.2. The van der Waals surface area contributed by atoms with E-state index in [1.165, 1.54) is 12.1 Å². The second kappa shape index (κ2) is 13.1. The Balaban J connectivity index is 0.00000272. The summed E-state index contributed by atoms with van der Waals surface area (Å²) in [7, 11) is 0. The number of aryl methyl sites for hydroxylation is 1. The third-order valence-electron chi connectivity index (χ3n) is 5.11. The van der Waals surface area contributed by atoms with Crippen molar-refractivity contribution in [3.63, 3.8) is 0 Å². The average Bonchev–Trinajstić information content (AvgIpc) is 3.12. The number of fused-ring (bicyclic) bond motifs is 1. The summed E-state index contributed by atoms with van der Waals surface area (Å²) in [6, 6.07) is 5.10. The summed E-state index contributed by atoms with van der Waals surface area (Å²) in [5.74, 6) is -4.17. The minimum Gasteiger partial charge on any atom is -0.550 e. The second-order valence-electron chi connectivity index (χ2n) is 7.26.